The lowest BCUT2D eigenvalue weighted by Crippen LogP contribution is -2.31. The Bertz CT molecular complexity index is 769. The van der Waals surface area contributed by atoms with Gasteiger partial charge in [-0.2, -0.15) is 0 Å². The highest BCUT2D eigenvalue weighted by Crippen LogP contribution is 2.36. The number of aromatic amines is 1. The average Bonchev–Trinajstić information content (AvgIpc) is 3.30. The van der Waals surface area contributed by atoms with Gasteiger partial charge in [0, 0.05) is 17.6 Å². The maximum absolute atomic E-state index is 12.2. The van der Waals surface area contributed by atoms with Crippen molar-refractivity contribution in [2.24, 2.45) is 0 Å². The number of aromatic nitrogens is 3. The summed E-state index contributed by atoms with van der Waals surface area (Å²) in [5.41, 5.74) is 0.660. The molecular formula is C15H17ClN4O2S. The highest BCUT2D eigenvalue weighted by Gasteiger charge is 2.30. The number of carbonyl (C=O) groups is 1. The topological polar surface area (TPSA) is 79.8 Å². The zero-order chi connectivity index (χ0) is 16.4. The molecule has 1 atom stereocenters. The number of rotatable bonds is 6. The minimum Gasteiger partial charge on any atom is -0.351 e. The molecule has 3 rings (SSSR count). The third kappa shape index (κ3) is 3.79. The normalized spacial score (nSPS) is 15.4. The van der Waals surface area contributed by atoms with Crippen LogP contribution in [0.4, 0.5) is 0 Å². The molecule has 23 heavy (non-hydrogen) atoms. The number of hydrogen-bond donors (Lipinski definition) is 2. The van der Waals surface area contributed by atoms with Crippen LogP contribution in [-0.4, -0.2) is 25.9 Å². The number of H-pyrrole nitrogens is 1. The molecule has 0 aliphatic heterocycles. The molecule has 0 unspecified atom stereocenters. The Morgan fingerprint density at radius 1 is 1.52 bits per heavy atom. The van der Waals surface area contributed by atoms with E-state index in [4.69, 9.17) is 11.6 Å². The highest BCUT2D eigenvalue weighted by molar-refractivity contribution is 8.00. The molecule has 1 aliphatic rings. The summed E-state index contributed by atoms with van der Waals surface area (Å²) in [6.45, 7) is 2.17. The second kappa shape index (κ2) is 6.80. The van der Waals surface area contributed by atoms with Gasteiger partial charge in [0.1, 0.15) is 0 Å². The smallest absolute Gasteiger partial charge is 0.344 e. The van der Waals surface area contributed by atoms with E-state index in [1.54, 1.807) is 17.6 Å². The van der Waals surface area contributed by atoms with Gasteiger partial charge in [0.2, 0.25) is 5.91 Å². The van der Waals surface area contributed by atoms with Crippen LogP contribution in [0.5, 0.6) is 0 Å². The van der Waals surface area contributed by atoms with E-state index in [1.807, 2.05) is 18.2 Å². The number of thioether (sulfide) groups is 1. The Morgan fingerprint density at radius 3 is 2.96 bits per heavy atom. The van der Waals surface area contributed by atoms with Gasteiger partial charge >= 0.3 is 5.69 Å². The quantitative estimate of drug-likeness (QED) is 0.782. The fourth-order valence-corrected chi connectivity index (χ4v) is 3.36. The van der Waals surface area contributed by atoms with Crippen LogP contribution in [0.3, 0.4) is 0 Å². The molecule has 1 saturated carbocycles. The van der Waals surface area contributed by atoms with Gasteiger partial charge < -0.3 is 5.32 Å². The number of nitrogens with one attached hydrogen (secondary N) is 2. The summed E-state index contributed by atoms with van der Waals surface area (Å²) in [6, 6.07) is 7.62. The van der Waals surface area contributed by atoms with Crippen molar-refractivity contribution >= 4 is 29.3 Å². The van der Waals surface area contributed by atoms with E-state index in [-0.39, 0.29) is 22.9 Å². The van der Waals surface area contributed by atoms with Crippen molar-refractivity contribution in [1.82, 2.24) is 20.1 Å². The number of hydrogen-bond acceptors (Lipinski definition) is 4. The minimum absolute atomic E-state index is 0.118. The molecule has 122 valence electrons. The van der Waals surface area contributed by atoms with Crippen LogP contribution in [0.25, 0.3) is 0 Å². The number of carbonyl (C=O) groups excluding carboxylic acids is 1. The van der Waals surface area contributed by atoms with Crippen molar-refractivity contribution in [2.45, 2.75) is 42.8 Å². The average molecular weight is 353 g/mol. The van der Waals surface area contributed by atoms with Crippen LogP contribution in [0.15, 0.2) is 34.2 Å². The van der Waals surface area contributed by atoms with Gasteiger partial charge in [-0.1, -0.05) is 41.6 Å². The van der Waals surface area contributed by atoms with Crippen molar-refractivity contribution in [3.8, 4) is 0 Å². The first-order valence-electron chi connectivity index (χ1n) is 7.41. The first-order chi connectivity index (χ1) is 11.1. The molecular weight excluding hydrogens is 336 g/mol. The van der Waals surface area contributed by atoms with Gasteiger partial charge in [-0.3, -0.25) is 9.36 Å². The zero-order valence-corrected chi connectivity index (χ0v) is 14.2. The van der Waals surface area contributed by atoms with E-state index in [0.29, 0.717) is 16.7 Å². The lowest BCUT2D eigenvalue weighted by atomic mass is 10.2. The summed E-state index contributed by atoms with van der Waals surface area (Å²) in [5, 5.41) is 10.2. The van der Waals surface area contributed by atoms with Crippen molar-refractivity contribution < 1.29 is 4.79 Å². The first kappa shape index (κ1) is 16.1. The highest BCUT2D eigenvalue weighted by atomic mass is 35.5. The fourth-order valence-electron chi connectivity index (χ4n) is 2.21. The summed E-state index contributed by atoms with van der Waals surface area (Å²) in [5.74, 6) is -0.118. The first-order valence-corrected chi connectivity index (χ1v) is 8.66. The summed E-state index contributed by atoms with van der Waals surface area (Å²) in [4.78, 5) is 24.0. The third-order valence-electron chi connectivity index (χ3n) is 3.65. The van der Waals surface area contributed by atoms with Gasteiger partial charge in [-0.25, -0.2) is 9.89 Å². The lowest BCUT2D eigenvalue weighted by molar-refractivity contribution is -0.120. The van der Waals surface area contributed by atoms with E-state index in [2.05, 4.69) is 15.5 Å². The molecule has 0 saturated heterocycles. The maximum Gasteiger partial charge on any atom is 0.344 e. The molecule has 0 bridgehead atoms. The van der Waals surface area contributed by atoms with Gasteiger partial charge in [0.05, 0.1) is 5.25 Å². The Balaban J connectivity index is 1.60. The van der Waals surface area contributed by atoms with E-state index >= 15 is 0 Å². The van der Waals surface area contributed by atoms with E-state index in [9.17, 15) is 9.59 Å². The Hall–Kier alpha value is -1.73. The summed E-state index contributed by atoms with van der Waals surface area (Å²) >= 11 is 7.36. The van der Waals surface area contributed by atoms with E-state index in [1.165, 1.54) is 11.8 Å². The predicted molar refractivity (Wildman–Crippen MR) is 89.7 cm³/mol. The predicted octanol–water partition coefficient (Wildman–Crippen LogP) is 2.36. The molecule has 0 radical (unpaired) electrons. The SMILES string of the molecule is C[C@H](Sc1n[nH]c(=O)n1C1CC1)C(=O)NCc1ccccc1Cl. The summed E-state index contributed by atoms with van der Waals surface area (Å²) in [6.07, 6.45) is 1.97. The Morgan fingerprint density at radius 2 is 2.26 bits per heavy atom. The van der Waals surface area contributed by atoms with Gasteiger partial charge in [-0.15, -0.1) is 5.10 Å². The minimum atomic E-state index is -0.356. The molecule has 2 aromatic rings. The molecule has 8 heteroatoms. The molecule has 1 aliphatic carbocycles. The number of nitrogens with zero attached hydrogens (tertiary/aromatic N) is 2. The number of amides is 1. The van der Waals surface area contributed by atoms with Crippen LogP contribution < -0.4 is 11.0 Å². The molecule has 1 fully saturated rings. The Kier molecular flexibility index (Phi) is 4.77. The van der Waals surface area contributed by atoms with Crippen molar-refractivity contribution in [3.63, 3.8) is 0 Å². The van der Waals surface area contributed by atoms with Crippen molar-refractivity contribution in [1.29, 1.82) is 0 Å². The van der Waals surface area contributed by atoms with Crippen molar-refractivity contribution in [2.75, 3.05) is 0 Å². The second-order valence-corrected chi connectivity index (χ2v) is 7.20. The molecule has 6 nitrogen and oxygen atoms in total. The zero-order valence-electron chi connectivity index (χ0n) is 12.6. The lowest BCUT2D eigenvalue weighted by Gasteiger charge is -2.12. The van der Waals surface area contributed by atoms with Crippen LogP contribution in [0, 0.1) is 0 Å². The molecule has 1 amide bonds. The Labute approximate surface area is 142 Å². The standard InChI is InChI=1S/C15H17ClN4O2S/c1-9(13(21)17-8-10-4-2-3-5-12(10)16)23-15-19-18-14(22)20(15)11-6-7-11/h2-5,9,11H,6-8H2,1H3,(H,17,21)(H,18,22)/t9-/m0/s1. The largest absolute Gasteiger partial charge is 0.351 e. The van der Waals surface area contributed by atoms with Crippen LogP contribution in [0.2, 0.25) is 5.02 Å². The van der Waals surface area contributed by atoms with E-state index in [0.717, 1.165) is 18.4 Å². The van der Waals surface area contributed by atoms with Gasteiger partial charge in [-0.05, 0) is 31.4 Å². The molecule has 1 aromatic heterocycles. The number of halogens is 1. The molecule has 0 spiro atoms. The molecule has 2 N–H and O–H groups in total. The monoisotopic (exact) mass is 352 g/mol. The van der Waals surface area contributed by atoms with Crippen LogP contribution in [0.1, 0.15) is 31.4 Å². The maximum atomic E-state index is 12.2. The van der Waals surface area contributed by atoms with Gasteiger partial charge in [0.15, 0.2) is 5.16 Å². The van der Waals surface area contributed by atoms with Gasteiger partial charge in [0.25, 0.3) is 0 Å². The molecule has 1 heterocycles. The van der Waals surface area contributed by atoms with Crippen molar-refractivity contribution in [3.05, 3.63) is 45.3 Å². The second-order valence-electron chi connectivity index (χ2n) is 5.48. The molecule has 1 aromatic carbocycles. The number of benzene rings is 1. The third-order valence-corrected chi connectivity index (χ3v) is 5.08. The fraction of sp³-hybridized carbons (Fsp3) is 0.400. The van der Waals surface area contributed by atoms with Crippen LogP contribution >= 0.6 is 23.4 Å². The summed E-state index contributed by atoms with van der Waals surface area (Å²) < 4.78 is 1.64. The van der Waals surface area contributed by atoms with Crippen LogP contribution in [-0.2, 0) is 11.3 Å². The summed E-state index contributed by atoms with van der Waals surface area (Å²) in [7, 11) is 0. The van der Waals surface area contributed by atoms with E-state index < -0.39 is 0 Å².